The zero-order valence-corrected chi connectivity index (χ0v) is 13.7. The third-order valence-electron chi connectivity index (χ3n) is 3.12. The van der Waals surface area contributed by atoms with Gasteiger partial charge in [0, 0.05) is 6.26 Å². The fourth-order valence-electron chi connectivity index (χ4n) is 1.84. The average molecular weight is 355 g/mol. The number of anilines is 1. The molecule has 0 radical (unpaired) electrons. The second-order valence-electron chi connectivity index (χ2n) is 5.12. The summed E-state index contributed by atoms with van der Waals surface area (Å²) in [5.41, 5.74) is -0.266. The molecule has 0 aromatic heterocycles. The molecule has 0 saturated carbocycles. The summed E-state index contributed by atoms with van der Waals surface area (Å²) in [4.78, 5) is 12.0. The minimum Gasteiger partial charge on any atom is -0.481 e. The summed E-state index contributed by atoms with van der Waals surface area (Å²) in [7, 11) is -3.54. The van der Waals surface area contributed by atoms with Crippen LogP contribution in [-0.4, -0.2) is 26.7 Å². The summed E-state index contributed by atoms with van der Waals surface area (Å²) in [5, 5.41) is 2.28. The Hall–Kier alpha value is -2.48. The van der Waals surface area contributed by atoms with Crippen molar-refractivity contribution in [3.63, 3.8) is 0 Å². The van der Waals surface area contributed by atoms with E-state index in [4.69, 9.17) is 4.74 Å². The highest BCUT2D eigenvalue weighted by Crippen LogP contribution is 2.20. The second kappa shape index (κ2) is 6.96. The summed E-state index contributed by atoms with van der Waals surface area (Å²) in [6, 6.07) is 8.15. The Morgan fingerprint density at radius 2 is 1.75 bits per heavy atom. The number of rotatable bonds is 5. The van der Waals surface area contributed by atoms with E-state index in [0.717, 1.165) is 24.5 Å². The van der Waals surface area contributed by atoms with Gasteiger partial charge in [0.05, 0.1) is 10.6 Å². The van der Waals surface area contributed by atoms with E-state index in [1.54, 1.807) is 0 Å². The van der Waals surface area contributed by atoms with Gasteiger partial charge in [-0.3, -0.25) is 4.79 Å². The molecule has 8 heteroatoms. The van der Waals surface area contributed by atoms with Gasteiger partial charge in [-0.1, -0.05) is 0 Å². The quantitative estimate of drug-likeness (QED) is 0.837. The van der Waals surface area contributed by atoms with Gasteiger partial charge in [0.15, 0.2) is 15.9 Å². The maximum Gasteiger partial charge on any atom is 0.265 e. The van der Waals surface area contributed by atoms with E-state index in [2.05, 4.69) is 5.32 Å². The molecule has 0 spiro atoms. The number of benzene rings is 2. The van der Waals surface area contributed by atoms with E-state index in [0.29, 0.717) is 0 Å². The fraction of sp³-hybridized carbons (Fsp3) is 0.188. The molecule has 0 aliphatic carbocycles. The first kappa shape index (κ1) is 17.9. The predicted molar refractivity (Wildman–Crippen MR) is 84.6 cm³/mol. The van der Waals surface area contributed by atoms with Crippen LogP contribution in [0.5, 0.6) is 5.75 Å². The lowest BCUT2D eigenvalue weighted by molar-refractivity contribution is -0.122. The van der Waals surface area contributed by atoms with Crippen LogP contribution >= 0.6 is 0 Å². The minimum atomic E-state index is -3.54. The number of carbonyl (C=O) groups is 1. The largest absolute Gasteiger partial charge is 0.481 e. The Morgan fingerprint density at radius 3 is 2.33 bits per heavy atom. The molecule has 0 bridgehead atoms. The van der Waals surface area contributed by atoms with E-state index in [9.17, 15) is 22.0 Å². The van der Waals surface area contributed by atoms with Gasteiger partial charge in [0.1, 0.15) is 17.4 Å². The zero-order chi connectivity index (χ0) is 17.9. The molecule has 0 saturated heterocycles. The smallest absolute Gasteiger partial charge is 0.265 e. The molecule has 1 atom stereocenters. The van der Waals surface area contributed by atoms with Crippen LogP contribution in [0, 0.1) is 11.6 Å². The summed E-state index contributed by atoms with van der Waals surface area (Å²) >= 11 is 0. The van der Waals surface area contributed by atoms with Crippen molar-refractivity contribution in [3.8, 4) is 5.75 Å². The molecule has 1 N–H and O–H groups in total. The number of hydrogen-bond acceptors (Lipinski definition) is 4. The van der Waals surface area contributed by atoms with Crippen molar-refractivity contribution in [3.05, 3.63) is 54.1 Å². The van der Waals surface area contributed by atoms with Crippen LogP contribution in [0.3, 0.4) is 0 Å². The maximum absolute atomic E-state index is 13.8. The predicted octanol–water partition coefficient (Wildman–Crippen LogP) is 2.77. The highest BCUT2D eigenvalue weighted by atomic mass is 32.2. The molecule has 5 nitrogen and oxygen atoms in total. The van der Waals surface area contributed by atoms with Crippen molar-refractivity contribution >= 4 is 21.4 Å². The third-order valence-corrected chi connectivity index (χ3v) is 4.23. The second-order valence-corrected chi connectivity index (χ2v) is 7.13. The number of sulfone groups is 1. The van der Waals surface area contributed by atoms with Crippen LogP contribution < -0.4 is 10.1 Å². The van der Waals surface area contributed by atoms with Gasteiger partial charge in [0.25, 0.3) is 5.91 Å². The SMILES string of the molecule is C[C@H](Oc1ccc(F)cc1)C(=O)Nc1cc(S(C)(=O)=O)ccc1F. The van der Waals surface area contributed by atoms with Crippen LogP contribution in [0.4, 0.5) is 14.5 Å². The van der Waals surface area contributed by atoms with Crippen LogP contribution in [0.25, 0.3) is 0 Å². The molecule has 128 valence electrons. The molecule has 1 amide bonds. The van der Waals surface area contributed by atoms with Crippen LogP contribution in [0.15, 0.2) is 47.4 Å². The Kier molecular flexibility index (Phi) is 5.18. The molecule has 0 aliphatic heterocycles. The minimum absolute atomic E-state index is 0.119. The normalized spacial score (nSPS) is 12.5. The Labute approximate surface area is 138 Å². The lowest BCUT2D eigenvalue weighted by atomic mass is 10.2. The molecule has 2 aromatic carbocycles. The molecular formula is C16H15F2NO4S. The zero-order valence-electron chi connectivity index (χ0n) is 12.9. The Bertz CT molecular complexity index is 851. The summed E-state index contributed by atoms with van der Waals surface area (Å²) < 4.78 is 54.9. The van der Waals surface area contributed by atoms with Gasteiger partial charge >= 0.3 is 0 Å². The van der Waals surface area contributed by atoms with Crippen molar-refractivity contribution in [1.29, 1.82) is 0 Å². The molecule has 24 heavy (non-hydrogen) atoms. The van der Waals surface area contributed by atoms with Gasteiger partial charge < -0.3 is 10.1 Å². The van der Waals surface area contributed by atoms with E-state index in [-0.39, 0.29) is 16.3 Å². The van der Waals surface area contributed by atoms with Crippen molar-refractivity contribution in [2.24, 2.45) is 0 Å². The lowest BCUT2D eigenvalue weighted by Gasteiger charge is -2.15. The molecule has 0 unspecified atom stereocenters. The average Bonchev–Trinajstić information content (AvgIpc) is 2.50. The van der Waals surface area contributed by atoms with E-state index < -0.39 is 33.5 Å². The van der Waals surface area contributed by atoms with Gasteiger partial charge in [-0.05, 0) is 49.4 Å². The molecule has 0 aliphatic rings. The first-order chi connectivity index (χ1) is 11.2. The first-order valence-corrected chi connectivity index (χ1v) is 8.78. The van der Waals surface area contributed by atoms with E-state index in [1.165, 1.54) is 31.2 Å². The van der Waals surface area contributed by atoms with Gasteiger partial charge in [-0.25, -0.2) is 17.2 Å². The fourth-order valence-corrected chi connectivity index (χ4v) is 2.48. The molecule has 2 rings (SSSR count). The number of amides is 1. The van der Waals surface area contributed by atoms with Crippen LogP contribution in [0.2, 0.25) is 0 Å². The number of hydrogen-bond donors (Lipinski definition) is 1. The number of nitrogens with one attached hydrogen (secondary N) is 1. The van der Waals surface area contributed by atoms with Crippen molar-refractivity contribution in [1.82, 2.24) is 0 Å². The number of halogens is 2. The van der Waals surface area contributed by atoms with Gasteiger partial charge in [-0.2, -0.15) is 0 Å². The van der Waals surface area contributed by atoms with Crippen molar-refractivity contribution in [2.75, 3.05) is 11.6 Å². The topological polar surface area (TPSA) is 72.5 Å². The summed E-state index contributed by atoms with van der Waals surface area (Å²) in [6.07, 6.45) is -0.0247. The molecular weight excluding hydrogens is 340 g/mol. The standard InChI is InChI=1S/C16H15F2NO4S/c1-10(23-12-5-3-11(17)4-6-12)16(20)19-15-9-13(24(2,21)22)7-8-14(15)18/h3-10H,1-2H3,(H,19,20)/t10-/m0/s1. The lowest BCUT2D eigenvalue weighted by Crippen LogP contribution is -2.30. The Balaban J connectivity index is 2.12. The molecule has 2 aromatic rings. The summed E-state index contributed by atoms with van der Waals surface area (Å²) in [5.74, 6) is -1.63. The van der Waals surface area contributed by atoms with Gasteiger partial charge in [0.2, 0.25) is 0 Å². The van der Waals surface area contributed by atoms with E-state index in [1.807, 2.05) is 0 Å². The highest BCUT2D eigenvalue weighted by molar-refractivity contribution is 7.90. The van der Waals surface area contributed by atoms with Crippen molar-refractivity contribution in [2.45, 2.75) is 17.9 Å². The maximum atomic E-state index is 13.8. The van der Waals surface area contributed by atoms with Crippen LogP contribution in [-0.2, 0) is 14.6 Å². The van der Waals surface area contributed by atoms with E-state index >= 15 is 0 Å². The van der Waals surface area contributed by atoms with Crippen molar-refractivity contribution < 1.29 is 26.7 Å². The monoisotopic (exact) mass is 355 g/mol. The first-order valence-electron chi connectivity index (χ1n) is 6.89. The van der Waals surface area contributed by atoms with Gasteiger partial charge in [-0.15, -0.1) is 0 Å². The highest BCUT2D eigenvalue weighted by Gasteiger charge is 2.18. The molecule has 0 fully saturated rings. The Morgan fingerprint density at radius 1 is 1.12 bits per heavy atom. The number of carbonyl (C=O) groups excluding carboxylic acids is 1. The number of ether oxygens (including phenoxy) is 1. The van der Waals surface area contributed by atoms with Crippen LogP contribution in [0.1, 0.15) is 6.92 Å². The third kappa shape index (κ3) is 4.51. The molecule has 0 heterocycles. The summed E-state index contributed by atoms with van der Waals surface area (Å²) in [6.45, 7) is 1.43.